The molecule has 1 saturated heterocycles. The third-order valence-electron chi connectivity index (χ3n) is 7.66. The Bertz CT molecular complexity index is 1790. The summed E-state index contributed by atoms with van der Waals surface area (Å²) in [6.45, 7) is 3.25. The number of nitrogens with two attached hydrogens (primary N) is 1. The highest BCUT2D eigenvalue weighted by molar-refractivity contribution is 7.90. The highest BCUT2D eigenvalue weighted by Crippen LogP contribution is 2.39. The van der Waals surface area contributed by atoms with Crippen LogP contribution in [-0.2, 0) is 33.5 Å². The van der Waals surface area contributed by atoms with Crippen LogP contribution in [0.15, 0.2) is 97.1 Å². The molecule has 1 aliphatic heterocycles. The van der Waals surface area contributed by atoms with Crippen LogP contribution in [0.5, 0.6) is 17.2 Å². The van der Waals surface area contributed by atoms with Gasteiger partial charge in [-0.2, -0.15) is 25.4 Å². The number of ether oxygens (including phenoxy) is 3. The lowest BCUT2D eigenvalue weighted by molar-refractivity contribution is 0.398. The fraction of sp³-hybridized carbons (Fsp3) is 0.294. The first-order valence-corrected chi connectivity index (χ1v) is 18.4. The van der Waals surface area contributed by atoms with Crippen molar-refractivity contribution in [3.63, 3.8) is 0 Å². The van der Waals surface area contributed by atoms with Crippen molar-refractivity contribution in [3.05, 3.63) is 119 Å². The molecule has 4 aromatic rings. The van der Waals surface area contributed by atoms with Crippen LogP contribution >= 0.6 is 11.6 Å². The number of methoxy groups -OCH3 is 3. The first-order chi connectivity index (χ1) is 22.9. The molecule has 258 valence electrons. The van der Waals surface area contributed by atoms with Gasteiger partial charge < -0.3 is 14.2 Å². The number of nitrogens with zero attached hydrogens (tertiary/aromatic N) is 3. The average Bonchev–Trinajstić information content (AvgIpc) is 3.35. The number of hydrogen-bond donors (Lipinski definition) is 1. The van der Waals surface area contributed by atoms with Gasteiger partial charge in [0.2, 0.25) is 0 Å². The number of rotatable bonds is 12. The van der Waals surface area contributed by atoms with E-state index in [0.29, 0.717) is 41.0 Å². The summed E-state index contributed by atoms with van der Waals surface area (Å²) in [6, 6.07) is 28.5. The second-order valence-electron chi connectivity index (χ2n) is 10.9. The molecule has 11 nitrogen and oxygen atoms in total. The molecule has 0 aromatic heterocycles. The van der Waals surface area contributed by atoms with E-state index in [2.05, 4.69) is 0 Å². The molecule has 2 N–H and O–H groups in total. The SMILES string of the molecule is CCCN1C[C@H](c2cccc(OC)c2)N(c2ccc(Cl)cc2)S1(=O)=O.COc1ccc(CN(Cc2ccc(OC)cc2)S(N)(=O)=O)cc1. The summed E-state index contributed by atoms with van der Waals surface area (Å²) >= 11 is 5.97. The number of halogens is 1. The van der Waals surface area contributed by atoms with E-state index in [-0.39, 0.29) is 19.1 Å². The first-order valence-electron chi connectivity index (χ1n) is 15.1. The standard InChI is InChI=1S/C18H21ClN2O3S.C16H20N2O4S/c1-3-11-20-13-18(14-5-4-6-17(12-14)24-2)21(25(20,22)23)16-9-7-15(19)8-10-16;1-21-15-7-3-13(4-8-15)11-18(23(17,19)20)12-14-5-9-16(22-2)10-6-14/h4-10,12,18H,3,11,13H2,1-2H3;3-10H,11-12H2,1-2H3,(H2,17,19,20)/t18-;/m1./s1. The van der Waals surface area contributed by atoms with Crippen LogP contribution in [0.25, 0.3) is 0 Å². The fourth-order valence-corrected chi connectivity index (χ4v) is 7.87. The van der Waals surface area contributed by atoms with Crippen LogP contribution in [0, 0.1) is 0 Å². The van der Waals surface area contributed by atoms with Crippen molar-refractivity contribution < 1.29 is 31.0 Å². The molecule has 4 aromatic carbocycles. The van der Waals surface area contributed by atoms with Gasteiger partial charge in [0.1, 0.15) is 17.2 Å². The van der Waals surface area contributed by atoms with Crippen molar-refractivity contribution in [1.82, 2.24) is 8.61 Å². The van der Waals surface area contributed by atoms with Crippen molar-refractivity contribution >= 4 is 37.7 Å². The summed E-state index contributed by atoms with van der Waals surface area (Å²) in [5.41, 5.74) is 3.16. The van der Waals surface area contributed by atoms with E-state index in [9.17, 15) is 16.8 Å². The Kier molecular flexibility index (Phi) is 12.7. The maximum absolute atomic E-state index is 13.1. The normalized spacial score (nSPS) is 15.9. The summed E-state index contributed by atoms with van der Waals surface area (Å²) in [5, 5.41) is 5.91. The summed E-state index contributed by atoms with van der Waals surface area (Å²) in [5.74, 6) is 2.14. The van der Waals surface area contributed by atoms with Crippen molar-refractivity contribution in [3.8, 4) is 17.2 Å². The molecule has 1 fully saturated rings. The minimum atomic E-state index is -3.82. The molecule has 48 heavy (non-hydrogen) atoms. The predicted molar refractivity (Wildman–Crippen MR) is 189 cm³/mol. The molecule has 0 amide bonds. The Hall–Kier alpha value is -3.85. The first kappa shape index (κ1) is 37.0. The smallest absolute Gasteiger partial charge is 0.304 e. The van der Waals surface area contributed by atoms with E-state index in [0.717, 1.165) is 23.1 Å². The van der Waals surface area contributed by atoms with Crippen LogP contribution in [0.1, 0.15) is 36.1 Å². The Morgan fingerprint density at radius 2 is 1.33 bits per heavy atom. The van der Waals surface area contributed by atoms with Crippen LogP contribution in [0.3, 0.4) is 0 Å². The predicted octanol–water partition coefficient (Wildman–Crippen LogP) is 5.78. The number of benzene rings is 4. The van der Waals surface area contributed by atoms with E-state index in [4.69, 9.17) is 31.0 Å². The third-order valence-corrected chi connectivity index (χ3v) is 10.8. The van der Waals surface area contributed by atoms with Gasteiger partial charge >= 0.3 is 10.2 Å². The highest BCUT2D eigenvalue weighted by Gasteiger charge is 2.44. The molecule has 0 saturated carbocycles. The van der Waals surface area contributed by atoms with E-state index < -0.39 is 20.4 Å². The average molecular weight is 717 g/mol. The molecule has 5 rings (SSSR count). The maximum atomic E-state index is 13.1. The molecule has 0 spiro atoms. The zero-order valence-corrected chi connectivity index (χ0v) is 29.7. The molecule has 0 aliphatic carbocycles. The van der Waals surface area contributed by atoms with E-state index in [1.807, 2.05) is 55.5 Å². The van der Waals surface area contributed by atoms with Crippen LogP contribution in [-0.4, -0.2) is 59.9 Å². The zero-order valence-electron chi connectivity index (χ0n) is 27.3. The second kappa shape index (κ2) is 16.5. The van der Waals surface area contributed by atoms with Gasteiger partial charge in [-0.3, -0.25) is 0 Å². The molecule has 14 heteroatoms. The van der Waals surface area contributed by atoms with Crippen LogP contribution in [0.4, 0.5) is 5.69 Å². The van der Waals surface area contributed by atoms with Gasteiger partial charge in [-0.05, 0) is 83.8 Å². The molecule has 1 heterocycles. The van der Waals surface area contributed by atoms with E-state index in [1.54, 1.807) is 69.9 Å². The Morgan fingerprint density at radius 1 is 0.812 bits per heavy atom. The Morgan fingerprint density at radius 3 is 1.79 bits per heavy atom. The second-order valence-corrected chi connectivity index (χ2v) is 14.7. The Balaban J connectivity index is 0.000000218. The molecular formula is C34H41ClN4O7S2. The van der Waals surface area contributed by atoms with Gasteiger partial charge in [0, 0.05) is 31.2 Å². The fourth-order valence-electron chi connectivity index (χ4n) is 5.20. The zero-order chi connectivity index (χ0) is 34.9. The monoisotopic (exact) mass is 716 g/mol. The lowest BCUT2D eigenvalue weighted by atomic mass is 10.1. The van der Waals surface area contributed by atoms with Gasteiger partial charge in [0.25, 0.3) is 10.2 Å². The Labute approximate surface area is 288 Å². The largest absolute Gasteiger partial charge is 0.497 e. The summed E-state index contributed by atoms with van der Waals surface area (Å²) < 4.78 is 69.6. The van der Waals surface area contributed by atoms with Crippen LogP contribution < -0.4 is 23.7 Å². The van der Waals surface area contributed by atoms with Crippen molar-refractivity contribution in [1.29, 1.82) is 0 Å². The van der Waals surface area contributed by atoms with Gasteiger partial charge in [-0.15, -0.1) is 0 Å². The molecular weight excluding hydrogens is 676 g/mol. The number of hydrogen-bond acceptors (Lipinski definition) is 7. The summed E-state index contributed by atoms with van der Waals surface area (Å²) in [4.78, 5) is 0. The quantitative estimate of drug-likeness (QED) is 0.197. The third kappa shape index (κ3) is 9.40. The molecule has 0 unspecified atom stereocenters. The lowest BCUT2D eigenvalue weighted by Gasteiger charge is -2.25. The lowest BCUT2D eigenvalue weighted by Crippen LogP contribution is -2.35. The van der Waals surface area contributed by atoms with Crippen molar-refractivity contribution in [2.24, 2.45) is 5.14 Å². The molecule has 1 aliphatic rings. The van der Waals surface area contributed by atoms with Gasteiger partial charge in [0.05, 0.1) is 33.1 Å². The molecule has 0 bridgehead atoms. The highest BCUT2D eigenvalue weighted by atomic mass is 35.5. The summed E-state index contributed by atoms with van der Waals surface area (Å²) in [7, 11) is -2.65. The molecule has 0 radical (unpaired) electrons. The van der Waals surface area contributed by atoms with Crippen molar-refractivity contribution in [2.45, 2.75) is 32.5 Å². The number of anilines is 1. The minimum Gasteiger partial charge on any atom is -0.497 e. The van der Waals surface area contributed by atoms with Gasteiger partial charge in [-0.1, -0.05) is 54.9 Å². The topological polar surface area (TPSA) is 132 Å². The van der Waals surface area contributed by atoms with Gasteiger partial charge in [0.15, 0.2) is 0 Å². The van der Waals surface area contributed by atoms with E-state index >= 15 is 0 Å². The maximum Gasteiger partial charge on any atom is 0.304 e. The van der Waals surface area contributed by atoms with Gasteiger partial charge in [-0.25, -0.2) is 9.44 Å². The molecule has 1 atom stereocenters. The van der Waals surface area contributed by atoms with Crippen molar-refractivity contribution in [2.75, 3.05) is 38.7 Å². The van der Waals surface area contributed by atoms with Crippen LogP contribution in [0.2, 0.25) is 5.02 Å². The van der Waals surface area contributed by atoms with E-state index in [1.165, 1.54) is 12.9 Å². The summed E-state index contributed by atoms with van der Waals surface area (Å²) in [6.07, 6.45) is 0.762. The minimum absolute atomic E-state index is 0.189.